The van der Waals surface area contributed by atoms with Crippen LogP contribution in [-0.2, 0) is 28.6 Å². The number of rotatable bonds is 10. The molecule has 0 unspecified atom stereocenters. The lowest BCUT2D eigenvalue weighted by molar-refractivity contribution is -0.169. The van der Waals surface area contributed by atoms with Gasteiger partial charge in [-0.3, -0.25) is 0 Å². The summed E-state index contributed by atoms with van der Waals surface area (Å²) in [5.74, 6) is -1.53. The Bertz CT molecular complexity index is 1240. The predicted molar refractivity (Wildman–Crippen MR) is 136 cm³/mol. The molecule has 0 amide bonds. The van der Waals surface area contributed by atoms with Gasteiger partial charge in [0.15, 0.2) is 5.13 Å². The van der Waals surface area contributed by atoms with Crippen molar-refractivity contribution in [2.75, 3.05) is 32.7 Å². The van der Waals surface area contributed by atoms with Crippen molar-refractivity contribution in [3.8, 4) is 11.1 Å². The van der Waals surface area contributed by atoms with Crippen LogP contribution in [0.2, 0.25) is 0 Å². The third kappa shape index (κ3) is 5.39. The number of hydrogen-bond donors (Lipinski definition) is 1. The number of carbonyl (C=O) groups is 2. The average Bonchev–Trinajstić information content (AvgIpc) is 3.44. The highest BCUT2D eigenvalue weighted by Crippen LogP contribution is 2.44. The molecule has 1 aromatic heterocycles. The highest BCUT2D eigenvalue weighted by molar-refractivity contribution is 7.13. The first-order valence-electron chi connectivity index (χ1n) is 11.3. The van der Waals surface area contributed by atoms with Crippen LogP contribution in [0.1, 0.15) is 36.6 Å². The molecule has 1 aliphatic rings. The predicted octanol–water partition coefficient (Wildman–Crippen LogP) is 3.77. The molecule has 1 aliphatic carbocycles. The molecule has 188 valence electrons. The summed E-state index contributed by atoms with van der Waals surface area (Å²) in [4.78, 5) is 35.2. The number of esters is 2. The minimum atomic E-state index is -1.47. The van der Waals surface area contributed by atoms with Gasteiger partial charge in [-0.2, -0.15) is 0 Å². The van der Waals surface area contributed by atoms with E-state index in [-0.39, 0.29) is 42.3 Å². The number of anilines is 1. The number of benzene rings is 2. The average molecular weight is 510 g/mol. The summed E-state index contributed by atoms with van der Waals surface area (Å²) in [5, 5.41) is 5.79. The second kappa shape index (κ2) is 10.9. The van der Waals surface area contributed by atoms with Crippen LogP contribution in [0.15, 0.2) is 59.1 Å². The zero-order chi connectivity index (χ0) is 25.7. The van der Waals surface area contributed by atoms with E-state index in [0.29, 0.717) is 0 Å². The molecular weight excluding hydrogens is 482 g/mol. The fourth-order valence-corrected chi connectivity index (χ4v) is 4.39. The Morgan fingerprint density at radius 3 is 2.25 bits per heavy atom. The monoisotopic (exact) mass is 509 g/mol. The van der Waals surface area contributed by atoms with Crippen LogP contribution in [0.5, 0.6) is 0 Å². The van der Waals surface area contributed by atoms with Gasteiger partial charge in [0, 0.05) is 18.4 Å². The molecule has 0 atom stereocenters. The van der Waals surface area contributed by atoms with Gasteiger partial charge in [0.1, 0.15) is 18.9 Å². The van der Waals surface area contributed by atoms with E-state index < -0.39 is 17.5 Å². The third-order valence-electron chi connectivity index (χ3n) is 5.68. The standard InChI is InChI=1S/C26H27N3O6S/c1-26(2,24(31)33-13-12-32-3)35-29-22(21-15-36-25(27)28-21)23(30)34-14-20-18-10-6-4-8-16(18)17-9-5-7-11-19(17)20/h4-11,15,20H,12-14H2,1-3H3,(H2,27,28). The van der Waals surface area contributed by atoms with Crippen LogP contribution < -0.4 is 5.73 Å². The Morgan fingerprint density at radius 2 is 1.67 bits per heavy atom. The smallest absolute Gasteiger partial charge is 0.362 e. The molecule has 3 aromatic rings. The van der Waals surface area contributed by atoms with Gasteiger partial charge in [-0.15, -0.1) is 11.3 Å². The van der Waals surface area contributed by atoms with E-state index in [2.05, 4.69) is 22.3 Å². The lowest BCUT2D eigenvalue weighted by atomic mass is 9.98. The van der Waals surface area contributed by atoms with E-state index >= 15 is 0 Å². The zero-order valence-electron chi connectivity index (χ0n) is 20.2. The number of ether oxygens (including phenoxy) is 3. The summed E-state index contributed by atoms with van der Waals surface area (Å²) in [5.41, 5.74) is 8.70. The van der Waals surface area contributed by atoms with Crippen molar-refractivity contribution in [1.82, 2.24) is 4.98 Å². The minimum Gasteiger partial charge on any atom is -0.460 e. The van der Waals surface area contributed by atoms with Gasteiger partial charge in [-0.05, 0) is 36.1 Å². The molecule has 9 nitrogen and oxygen atoms in total. The zero-order valence-corrected chi connectivity index (χ0v) is 21.0. The summed E-state index contributed by atoms with van der Waals surface area (Å²) >= 11 is 1.15. The van der Waals surface area contributed by atoms with Crippen LogP contribution in [0.4, 0.5) is 5.13 Å². The molecule has 10 heteroatoms. The Hall–Kier alpha value is -3.76. The van der Waals surface area contributed by atoms with Gasteiger partial charge in [0.2, 0.25) is 11.3 Å². The Morgan fingerprint density at radius 1 is 1.03 bits per heavy atom. The number of thiazole rings is 1. The van der Waals surface area contributed by atoms with E-state index in [0.717, 1.165) is 33.6 Å². The van der Waals surface area contributed by atoms with Crippen LogP contribution >= 0.6 is 11.3 Å². The Labute approximate surface area is 212 Å². The molecular formula is C26H27N3O6S. The topological polar surface area (TPSA) is 122 Å². The molecule has 36 heavy (non-hydrogen) atoms. The van der Waals surface area contributed by atoms with E-state index in [1.807, 2.05) is 36.4 Å². The van der Waals surface area contributed by atoms with E-state index in [1.54, 1.807) is 5.38 Å². The maximum atomic E-state index is 13.2. The quantitative estimate of drug-likeness (QED) is 0.190. The second-order valence-electron chi connectivity index (χ2n) is 8.57. The van der Waals surface area contributed by atoms with Gasteiger partial charge in [0.25, 0.3) is 0 Å². The van der Waals surface area contributed by atoms with Gasteiger partial charge < -0.3 is 24.8 Å². The molecule has 4 rings (SSSR count). The first-order chi connectivity index (χ1) is 17.3. The van der Waals surface area contributed by atoms with Crippen molar-refractivity contribution in [2.45, 2.75) is 25.4 Å². The van der Waals surface area contributed by atoms with Crippen molar-refractivity contribution in [2.24, 2.45) is 5.16 Å². The van der Waals surface area contributed by atoms with Crippen LogP contribution in [-0.4, -0.2) is 55.2 Å². The number of carbonyl (C=O) groups excluding carboxylic acids is 2. The lowest BCUT2D eigenvalue weighted by Crippen LogP contribution is -2.36. The third-order valence-corrected chi connectivity index (χ3v) is 6.35. The SMILES string of the molecule is COCCOC(=O)C(C)(C)ON=C(C(=O)OCC1c2ccccc2-c2ccccc21)c1csc(N)n1. The van der Waals surface area contributed by atoms with Crippen LogP contribution in [0.25, 0.3) is 11.1 Å². The highest BCUT2D eigenvalue weighted by Gasteiger charge is 2.34. The molecule has 0 spiro atoms. The number of aromatic nitrogens is 1. The van der Waals surface area contributed by atoms with E-state index in [9.17, 15) is 9.59 Å². The van der Waals surface area contributed by atoms with Crippen molar-refractivity contribution in [3.63, 3.8) is 0 Å². The molecule has 0 bridgehead atoms. The molecule has 2 aromatic carbocycles. The van der Waals surface area contributed by atoms with E-state index in [4.69, 9.17) is 24.8 Å². The Kier molecular flexibility index (Phi) is 7.66. The fourth-order valence-electron chi connectivity index (χ4n) is 3.84. The molecule has 2 N–H and O–H groups in total. The molecule has 0 saturated heterocycles. The van der Waals surface area contributed by atoms with Gasteiger partial charge in [0.05, 0.1) is 6.61 Å². The normalized spacial score (nSPS) is 13.1. The first-order valence-corrected chi connectivity index (χ1v) is 12.2. The molecule has 0 aliphatic heterocycles. The van der Waals surface area contributed by atoms with Gasteiger partial charge in [-0.25, -0.2) is 14.6 Å². The first kappa shape index (κ1) is 25.3. The number of methoxy groups -OCH3 is 1. The summed E-state index contributed by atoms with van der Waals surface area (Å²) < 4.78 is 15.7. The molecule has 1 heterocycles. The minimum absolute atomic E-state index is 0.0632. The van der Waals surface area contributed by atoms with Gasteiger partial charge >= 0.3 is 11.9 Å². The lowest BCUT2D eigenvalue weighted by Gasteiger charge is -2.20. The summed E-state index contributed by atoms with van der Waals surface area (Å²) in [6.07, 6.45) is 0. The Balaban J connectivity index is 1.53. The molecule has 0 saturated carbocycles. The fraction of sp³-hybridized carbons (Fsp3) is 0.308. The van der Waals surface area contributed by atoms with E-state index in [1.165, 1.54) is 21.0 Å². The van der Waals surface area contributed by atoms with Gasteiger partial charge in [-0.1, -0.05) is 53.7 Å². The highest BCUT2D eigenvalue weighted by atomic mass is 32.1. The molecule has 0 fully saturated rings. The number of nitrogens with two attached hydrogens (primary N) is 1. The maximum Gasteiger partial charge on any atom is 0.362 e. The summed E-state index contributed by atoms with van der Waals surface area (Å²) in [7, 11) is 1.50. The van der Waals surface area contributed by atoms with Crippen molar-refractivity contribution >= 4 is 34.1 Å². The second-order valence-corrected chi connectivity index (χ2v) is 9.46. The van der Waals surface area contributed by atoms with Crippen molar-refractivity contribution in [3.05, 3.63) is 70.7 Å². The van der Waals surface area contributed by atoms with Crippen molar-refractivity contribution < 1.29 is 28.6 Å². The maximum absolute atomic E-state index is 13.2. The summed E-state index contributed by atoms with van der Waals surface area (Å²) in [6, 6.07) is 16.1. The number of hydrogen-bond acceptors (Lipinski definition) is 10. The van der Waals surface area contributed by atoms with Crippen LogP contribution in [0, 0.1) is 0 Å². The molecule has 0 radical (unpaired) electrons. The number of oxime groups is 1. The number of nitrogens with zero attached hydrogens (tertiary/aromatic N) is 2. The largest absolute Gasteiger partial charge is 0.460 e. The number of nitrogen functional groups attached to an aromatic ring is 1. The van der Waals surface area contributed by atoms with Crippen LogP contribution in [0.3, 0.4) is 0 Å². The van der Waals surface area contributed by atoms with Crippen molar-refractivity contribution in [1.29, 1.82) is 0 Å². The number of fused-ring (bicyclic) bond motifs is 3. The summed E-state index contributed by atoms with van der Waals surface area (Å²) in [6.45, 7) is 3.36.